The first kappa shape index (κ1) is 22.6. The van der Waals surface area contributed by atoms with E-state index >= 15 is 0 Å². The summed E-state index contributed by atoms with van der Waals surface area (Å²) in [5.74, 6) is -0.222. The summed E-state index contributed by atoms with van der Waals surface area (Å²) in [4.78, 5) is 27.7. The van der Waals surface area contributed by atoms with Gasteiger partial charge in [0.05, 0.1) is 8.95 Å². The zero-order chi connectivity index (χ0) is 23.0. The number of nitrogens with zero attached hydrogens (tertiary/aromatic N) is 2. The van der Waals surface area contributed by atoms with Gasteiger partial charge in [-0.3, -0.25) is 19.4 Å². The molecule has 1 aliphatic rings. The maximum Gasteiger partial charge on any atom is 0.265 e. The topological polar surface area (TPSA) is 49.9 Å². The van der Waals surface area contributed by atoms with E-state index in [1.54, 1.807) is 20.2 Å². The van der Waals surface area contributed by atoms with E-state index in [-0.39, 0.29) is 10.7 Å². The molecular weight excluding hydrogens is 556 g/mol. The van der Waals surface area contributed by atoms with Gasteiger partial charge in [0.15, 0.2) is 5.11 Å². The molecule has 0 aromatic heterocycles. The van der Waals surface area contributed by atoms with E-state index in [0.29, 0.717) is 26.9 Å². The van der Waals surface area contributed by atoms with Crippen molar-refractivity contribution in [3.8, 4) is 5.75 Å². The van der Waals surface area contributed by atoms with Gasteiger partial charge in [-0.15, -0.1) is 0 Å². The molecule has 2 amide bonds. The summed E-state index contributed by atoms with van der Waals surface area (Å²) >= 11 is 12.2. The van der Waals surface area contributed by atoms with Gasteiger partial charge in [0.1, 0.15) is 17.9 Å². The summed E-state index contributed by atoms with van der Waals surface area (Å²) in [6.07, 6.45) is 1.56. The zero-order valence-electron chi connectivity index (χ0n) is 17.3. The van der Waals surface area contributed by atoms with Gasteiger partial charge in [-0.1, -0.05) is 42.5 Å². The van der Waals surface area contributed by atoms with Crippen molar-refractivity contribution in [3.05, 3.63) is 80.2 Å². The minimum Gasteiger partial charge on any atom is -0.487 e. The Bertz CT molecular complexity index is 1250. The highest BCUT2D eigenvalue weighted by atomic mass is 79.9. The van der Waals surface area contributed by atoms with Crippen LogP contribution in [0.1, 0.15) is 11.1 Å². The van der Waals surface area contributed by atoms with Crippen LogP contribution in [0.3, 0.4) is 0 Å². The van der Waals surface area contributed by atoms with Crippen LogP contribution in [0.25, 0.3) is 16.8 Å². The van der Waals surface area contributed by atoms with Crippen LogP contribution in [0.2, 0.25) is 0 Å². The van der Waals surface area contributed by atoms with Crippen molar-refractivity contribution in [2.24, 2.45) is 0 Å². The molecule has 0 unspecified atom stereocenters. The van der Waals surface area contributed by atoms with Crippen LogP contribution < -0.4 is 4.74 Å². The van der Waals surface area contributed by atoms with Gasteiger partial charge in [0.2, 0.25) is 0 Å². The molecule has 0 N–H and O–H groups in total. The monoisotopic (exact) mass is 572 g/mol. The zero-order valence-corrected chi connectivity index (χ0v) is 21.3. The Morgan fingerprint density at radius 1 is 0.938 bits per heavy atom. The molecule has 5 nitrogen and oxygen atoms in total. The average Bonchev–Trinajstić information content (AvgIpc) is 2.79. The van der Waals surface area contributed by atoms with Crippen LogP contribution in [0, 0.1) is 0 Å². The van der Waals surface area contributed by atoms with Gasteiger partial charge in [0, 0.05) is 14.1 Å². The Balaban J connectivity index is 1.61. The van der Waals surface area contributed by atoms with Gasteiger partial charge < -0.3 is 4.74 Å². The van der Waals surface area contributed by atoms with Gasteiger partial charge in [-0.05, 0) is 84.2 Å². The van der Waals surface area contributed by atoms with Crippen molar-refractivity contribution in [1.29, 1.82) is 0 Å². The van der Waals surface area contributed by atoms with Crippen molar-refractivity contribution < 1.29 is 14.3 Å². The molecule has 0 bridgehead atoms. The number of halogens is 2. The summed E-state index contributed by atoms with van der Waals surface area (Å²) in [5.41, 5.74) is 1.80. The van der Waals surface area contributed by atoms with Crippen LogP contribution in [-0.2, 0) is 16.2 Å². The third-order valence-electron chi connectivity index (χ3n) is 5.23. The van der Waals surface area contributed by atoms with Crippen LogP contribution >= 0.6 is 44.1 Å². The predicted molar refractivity (Wildman–Crippen MR) is 136 cm³/mol. The molecule has 3 aromatic rings. The number of fused-ring (bicyclic) bond motifs is 1. The fourth-order valence-corrected chi connectivity index (χ4v) is 5.13. The number of amides is 2. The molecule has 1 heterocycles. The number of rotatable bonds is 4. The van der Waals surface area contributed by atoms with E-state index in [1.807, 2.05) is 36.4 Å². The second kappa shape index (κ2) is 9.13. The lowest BCUT2D eigenvalue weighted by Gasteiger charge is -2.31. The SMILES string of the molecule is CN1C(=O)C(=Cc2cc(Br)c(OCc3cccc4ccccc34)c(Br)c2)C(=O)N(C)C1=S. The number of likely N-dealkylation sites (N-methyl/N-ethyl adjacent to an activating group) is 2. The predicted octanol–water partition coefficient (Wildman–Crippen LogP) is 5.54. The molecule has 4 rings (SSSR count). The second-order valence-corrected chi connectivity index (χ2v) is 9.38. The maximum absolute atomic E-state index is 12.6. The Kier molecular flexibility index (Phi) is 6.46. The average molecular weight is 574 g/mol. The third-order valence-corrected chi connectivity index (χ3v) is 6.95. The summed E-state index contributed by atoms with van der Waals surface area (Å²) < 4.78 is 7.52. The molecule has 32 heavy (non-hydrogen) atoms. The molecule has 162 valence electrons. The highest BCUT2D eigenvalue weighted by molar-refractivity contribution is 9.11. The van der Waals surface area contributed by atoms with Crippen molar-refractivity contribution in [2.45, 2.75) is 6.61 Å². The van der Waals surface area contributed by atoms with Crippen LogP contribution in [0.15, 0.2) is 69.1 Å². The normalized spacial score (nSPS) is 14.4. The molecule has 0 atom stereocenters. The quantitative estimate of drug-likeness (QED) is 0.233. The highest BCUT2D eigenvalue weighted by Gasteiger charge is 2.35. The number of thiocarbonyl (C=S) groups is 1. The molecule has 0 aliphatic carbocycles. The smallest absolute Gasteiger partial charge is 0.265 e. The number of hydrogen-bond donors (Lipinski definition) is 0. The lowest BCUT2D eigenvalue weighted by atomic mass is 10.1. The maximum atomic E-state index is 12.6. The molecule has 1 aliphatic heterocycles. The second-order valence-electron chi connectivity index (χ2n) is 7.31. The number of carbonyl (C=O) groups excluding carboxylic acids is 2. The van der Waals surface area contributed by atoms with Crippen molar-refractivity contribution in [2.75, 3.05) is 14.1 Å². The van der Waals surface area contributed by atoms with Crippen molar-refractivity contribution in [3.63, 3.8) is 0 Å². The van der Waals surface area contributed by atoms with Gasteiger partial charge in [-0.25, -0.2) is 0 Å². The summed E-state index contributed by atoms with van der Waals surface area (Å²) in [6, 6.07) is 17.9. The van der Waals surface area contributed by atoms with E-state index in [4.69, 9.17) is 17.0 Å². The summed E-state index contributed by atoms with van der Waals surface area (Å²) in [7, 11) is 3.11. The fraction of sp³-hybridized carbons (Fsp3) is 0.125. The first-order chi connectivity index (χ1) is 15.3. The number of benzene rings is 3. The van der Waals surface area contributed by atoms with E-state index in [0.717, 1.165) is 16.3 Å². The Hall–Kier alpha value is -2.55. The third kappa shape index (κ3) is 4.22. The minimum absolute atomic E-state index is 0.0480. The molecule has 1 saturated heterocycles. The summed E-state index contributed by atoms with van der Waals surface area (Å²) in [5, 5.41) is 2.48. The van der Waals surface area contributed by atoms with E-state index in [9.17, 15) is 9.59 Å². The van der Waals surface area contributed by atoms with Crippen molar-refractivity contribution in [1.82, 2.24) is 9.80 Å². The van der Waals surface area contributed by atoms with E-state index in [1.165, 1.54) is 9.80 Å². The standard InChI is InChI=1S/C24H18Br2N2O3S/c1-27-22(29)18(23(30)28(2)24(27)32)10-14-11-19(25)21(20(26)12-14)31-13-16-8-5-7-15-6-3-4-9-17(15)16/h3-12H,13H2,1-2H3. The number of ether oxygens (including phenoxy) is 1. The van der Waals surface area contributed by atoms with E-state index in [2.05, 4.69) is 50.1 Å². The van der Waals surface area contributed by atoms with Crippen molar-refractivity contribution >= 4 is 77.9 Å². The first-order valence-electron chi connectivity index (χ1n) is 9.68. The number of hydrogen-bond acceptors (Lipinski definition) is 4. The Morgan fingerprint density at radius 3 is 2.19 bits per heavy atom. The molecule has 0 saturated carbocycles. The first-order valence-corrected chi connectivity index (χ1v) is 11.7. The molecular formula is C24H18Br2N2O3S. The Morgan fingerprint density at radius 2 is 1.53 bits per heavy atom. The molecule has 0 radical (unpaired) electrons. The summed E-state index contributed by atoms with van der Waals surface area (Å²) in [6.45, 7) is 0.392. The lowest BCUT2D eigenvalue weighted by Crippen LogP contribution is -2.52. The van der Waals surface area contributed by atoms with E-state index < -0.39 is 11.8 Å². The molecule has 8 heteroatoms. The van der Waals surface area contributed by atoms with Crippen LogP contribution in [0.5, 0.6) is 5.75 Å². The van der Waals surface area contributed by atoms with Crippen LogP contribution in [-0.4, -0.2) is 40.8 Å². The Labute approximate surface area is 207 Å². The van der Waals surface area contributed by atoms with Gasteiger partial charge >= 0.3 is 0 Å². The van der Waals surface area contributed by atoms with Crippen LogP contribution in [0.4, 0.5) is 0 Å². The highest BCUT2D eigenvalue weighted by Crippen LogP contribution is 2.36. The van der Waals surface area contributed by atoms with Gasteiger partial charge in [-0.2, -0.15) is 0 Å². The minimum atomic E-state index is -0.429. The fourth-order valence-electron chi connectivity index (χ4n) is 3.51. The lowest BCUT2D eigenvalue weighted by molar-refractivity contribution is -0.132. The molecule has 3 aromatic carbocycles. The molecule has 0 spiro atoms. The number of carbonyl (C=O) groups is 2. The van der Waals surface area contributed by atoms with Gasteiger partial charge in [0.25, 0.3) is 11.8 Å². The molecule has 1 fully saturated rings. The largest absolute Gasteiger partial charge is 0.487 e.